The Kier molecular flexibility index (Phi) is 5.97. The van der Waals surface area contributed by atoms with E-state index in [4.69, 9.17) is 0 Å². The number of hydrogen-bond donors (Lipinski definition) is 0. The van der Waals surface area contributed by atoms with Gasteiger partial charge in [0.25, 0.3) is 0 Å². The maximum absolute atomic E-state index is 13.2. The molecule has 2 aromatic carbocycles. The highest BCUT2D eigenvalue weighted by Crippen LogP contribution is 2.20. The summed E-state index contributed by atoms with van der Waals surface area (Å²) in [6.07, 6.45) is 1.96. The molecule has 2 aromatic rings. The van der Waals surface area contributed by atoms with E-state index < -0.39 is 10.0 Å². The van der Waals surface area contributed by atoms with Crippen LogP contribution in [0.15, 0.2) is 53.4 Å². The fraction of sp³-hybridized carbons (Fsp3) is 0.381. The van der Waals surface area contributed by atoms with Crippen LogP contribution >= 0.6 is 0 Å². The Hall–Kier alpha value is -2.18. The van der Waals surface area contributed by atoms with Crippen LogP contribution in [0.1, 0.15) is 29.5 Å². The quantitative estimate of drug-likeness (QED) is 0.766. The van der Waals surface area contributed by atoms with E-state index in [0.717, 1.165) is 29.5 Å². The van der Waals surface area contributed by atoms with Gasteiger partial charge in [-0.3, -0.25) is 4.79 Å². The monoisotopic (exact) mass is 386 g/mol. The molecule has 144 valence electrons. The second-order valence-electron chi connectivity index (χ2n) is 7.16. The average molecular weight is 387 g/mol. The number of hydrogen-bond acceptors (Lipinski definition) is 3. The van der Waals surface area contributed by atoms with E-state index in [9.17, 15) is 13.2 Å². The van der Waals surface area contributed by atoms with Gasteiger partial charge in [0, 0.05) is 19.6 Å². The van der Waals surface area contributed by atoms with Gasteiger partial charge in [0.05, 0.1) is 11.4 Å². The fourth-order valence-corrected chi connectivity index (χ4v) is 4.58. The molecule has 0 unspecified atom stereocenters. The highest BCUT2D eigenvalue weighted by Gasteiger charge is 2.29. The lowest BCUT2D eigenvalue weighted by molar-refractivity contribution is -0.130. The highest BCUT2D eigenvalue weighted by molar-refractivity contribution is 7.89. The largest absolute Gasteiger partial charge is 0.342 e. The number of benzene rings is 2. The van der Waals surface area contributed by atoms with Gasteiger partial charge in [-0.1, -0.05) is 47.5 Å². The lowest BCUT2D eigenvalue weighted by Gasteiger charge is -2.25. The Morgan fingerprint density at radius 1 is 0.926 bits per heavy atom. The van der Waals surface area contributed by atoms with Crippen molar-refractivity contribution < 1.29 is 13.2 Å². The van der Waals surface area contributed by atoms with E-state index in [1.165, 1.54) is 4.31 Å². The van der Waals surface area contributed by atoms with Crippen LogP contribution < -0.4 is 0 Å². The number of rotatable bonds is 6. The molecule has 1 aliphatic rings. The van der Waals surface area contributed by atoms with Crippen LogP contribution in [-0.4, -0.2) is 43.2 Å². The van der Waals surface area contributed by atoms with Crippen molar-refractivity contribution in [3.05, 3.63) is 65.2 Å². The molecule has 3 rings (SSSR count). The van der Waals surface area contributed by atoms with E-state index in [-0.39, 0.29) is 23.9 Å². The molecule has 0 radical (unpaired) electrons. The third kappa shape index (κ3) is 4.76. The number of carbonyl (C=O) groups excluding carboxylic acids is 1. The Morgan fingerprint density at radius 3 is 2.00 bits per heavy atom. The van der Waals surface area contributed by atoms with Crippen LogP contribution in [0.2, 0.25) is 0 Å². The van der Waals surface area contributed by atoms with Crippen molar-refractivity contribution in [2.75, 3.05) is 19.6 Å². The molecule has 1 amide bonds. The van der Waals surface area contributed by atoms with Gasteiger partial charge in [0.15, 0.2) is 0 Å². The Morgan fingerprint density at radius 2 is 1.44 bits per heavy atom. The zero-order valence-corrected chi connectivity index (χ0v) is 16.7. The molecule has 0 spiro atoms. The zero-order valence-electron chi connectivity index (χ0n) is 15.9. The molecule has 0 aliphatic carbocycles. The van der Waals surface area contributed by atoms with Gasteiger partial charge in [-0.25, -0.2) is 8.42 Å². The molecule has 5 nitrogen and oxygen atoms in total. The molecule has 1 saturated heterocycles. The van der Waals surface area contributed by atoms with E-state index in [0.29, 0.717) is 13.1 Å². The summed E-state index contributed by atoms with van der Waals surface area (Å²) in [6.45, 7) is 5.36. The van der Waals surface area contributed by atoms with Gasteiger partial charge in [-0.2, -0.15) is 4.31 Å². The number of carbonyl (C=O) groups is 1. The zero-order chi connectivity index (χ0) is 19.4. The van der Waals surface area contributed by atoms with E-state index in [1.54, 1.807) is 29.2 Å². The standard InChI is InChI=1S/C21H26N2O3S/c1-17-5-9-19(10-6-17)15-23(16-21(24)22-13-3-4-14-22)27(25,26)20-11-7-18(2)8-12-20/h5-12H,3-4,13-16H2,1-2H3. The number of aryl methyl sites for hydroxylation is 2. The van der Waals surface area contributed by atoms with Crippen molar-refractivity contribution in [2.45, 2.75) is 38.1 Å². The number of sulfonamides is 1. The molecule has 0 atom stereocenters. The lowest BCUT2D eigenvalue weighted by Crippen LogP contribution is -2.41. The number of nitrogens with zero attached hydrogens (tertiary/aromatic N) is 2. The fourth-order valence-electron chi connectivity index (χ4n) is 3.20. The summed E-state index contributed by atoms with van der Waals surface area (Å²) < 4.78 is 27.7. The maximum Gasteiger partial charge on any atom is 0.243 e. The van der Waals surface area contributed by atoms with Crippen LogP contribution in [0, 0.1) is 13.8 Å². The lowest BCUT2D eigenvalue weighted by atomic mass is 10.1. The summed E-state index contributed by atoms with van der Waals surface area (Å²) in [5, 5.41) is 0. The molecule has 0 saturated carbocycles. The smallest absolute Gasteiger partial charge is 0.243 e. The van der Waals surface area contributed by atoms with Gasteiger partial charge in [-0.05, 0) is 44.4 Å². The first-order chi connectivity index (χ1) is 12.9. The van der Waals surface area contributed by atoms with Crippen LogP contribution in [0.5, 0.6) is 0 Å². The van der Waals surface area contributed by atoms with Gasteiger partial charge in [-0.15, -0.1) is 0 Å². The predicted octanol–water partition coefficient (Wildman–Crippen LogP) is 3.12. The molecule has 0 aromatic heterocycles. The minimum absolute atomic E-state index is 0.129. The minimum Gasteiger partial charge on any atom is -0.342 e. The van der Waals surface area contributed by atoms with Gasteiger partial charge >= 0.3 is 0 Å². The van der Waals surface area contributed by atoms with Gasteiger partial charge in [0.1, 0.15) is 0 Å². The second-order valence-corrected chi connectivity index (χ2v) is 9.10. The minimum atomic E-state index is -3.76. The SMILES string of the molecule is Cc1ccc(CN(CC(=O)N2CCCC2)S(=O)(=O)c2ccc(C)cc2)cc1. The van der Waals surface area contributed by atoms with Crippen LogP contribution in [0.4, 0.5) is 0 Å². The molecular formula is C21H26N2O3S. The molecule has 1 aliphatic heterocycles. The Balaban J connectivity index is 1.88. The van der Waals surface area contributed by atoms with Crippen LogP contribution in [0.3, 0.4) is 0 Å². The van der Waals surface area contributed by atoms with Crippen molar-refractivity contribution >= 4 is 15.9 Å². The molecule has 1 heterocycles. The number of amides is 1. The van der Waals surface area contributed by atoms with E-state index in [1.807, 2.05) is 38.1 Å². The molecule has 27 heavy (non-hydrogen) atoms. The first-order valence-corrected chi connectivity index (χ1v) is 10.7. The summed E-state index contributed by atoms with van der Waals surface area (Å²) in [5.74, 6) is -0.129. The first-order valence-electron chi connectivity index (χ1n) is 9.26. The predicted molar refractivity (Wildman–Crippen MR) is 106 cm³/mol. The summed E-state index contributed by atoms with van der Waals surface area (Å²) in [4.78, 5) is 14.6. The Labute approximate surface area is 161 Å². The van der Waals surface area contributed by atoms with Crippen molar-refractivity contribution in [3.8, 4) is 0 Å². The maximum atomic E-state index is 13.2. The molecule has 0 bridgehead atoms. The number of likely N-dealkylation sites (tertiary alicyclic amines) is 1. The summed E-state index contributed by atoms with van der Waals surface area (Å²) in [7, 11) is -3.76. The Bertz CT molecular complexity index is 884. The third-order valence-electron chi connectivity index (χ3n) is 4.91. The van der Waals surface area contributed by atoms with E-state index in [2.05, 4.69) is 0 Å². The highest BCUT2D eigenvalue weighted by atomic mass is 32.2. The van der Waals surface area contributed by atoms with Crippen molar-refractivity contribution in [1.29, 1.82) is 0 Å². The van der Waals surface area contributed by atoms with Crippen molar-refractivity contribution in [2.24, 2.45) is 0 Å². The normalized spacial score (nSPS) is 14.7. The summed E-state index contributed by atoms with van der Waals surface area (Å²) in [6, 6.07) is 14.5. The second kappa shape index (κ2) is 8.23. The molecular weight excluding hydrogens is 360 g/mol. The molecule has 6 heteroatoms. The third-order valence-corrected chi connectivity index (χ3v) is 6.71. The van der Waals surface area contributed by atoms with Gasteiger partial charge < -0.3 is 4.90 Å². The summed E-state index contributed by atoms with van der Waals surface area (Å²) in [5.41, 5.74) is 2.97. The summed E-state index contributed by atoms with van der Waals surface area (Å²) >= 11 is 0. The average Bonchev–Trinajstić information content (AvgIpc) is 3.18. The van der Waals surface area contributed by atoms with Crippen LogP contribution in [-0.2, 0) is 21.4 Å². The van der Waals surface area contributed by atoms with Crippen molar-refractivity contribution in [3.63, 3.8) is 0 Å². The van der Waals surface area contributed by atoms with Crippen molar-refractivity contribution in [1.82, 2.24) is 9.21 Å². The van der Waals surface area contributed by atoms with Crippen LogP contribution in [0.25, 0.3) is 0 Å². The first kappa shape index (κ1) is 19.6. The van der Waals surface area contributed by atoms with E-state index >= 15 is 0 Å². The topological polar surface area (TPSA) is 57.7 Å². The van der Waals surface area contributed by atoms with Gasteiger partial charge in [0.2, 0.25) is 15.9 Å². The molecule has 1 fully saturated rings. The molecule has 0 N–H and O–H groups in total.